The Hall–Kier alpha value is -1.29. The zero-order valence-corrected chi connectivity index (χ0v) is 12.6. The summed E-state index contributed by atoms with van der Waals surface area (Å²) in [6.07, 6.45) is 5.88. The van der Waals surface area contributed by atoms with Crippen LogP contribution in [0.25, 0.3) is 11.0 Å². The van der Waals surface area contributed by atoms with Crippen molar-refractivity contribution in [2.45, 2.75) is 44.2 Å². The lowest BCUT2D eigenvalue weighted by Gasteiger charge is -2.19. The Balaban J connectivity index is 1.63. The van der Waals surface area contributed by atoms with Gasteiger partial charge in [-0.25, -0.2) is 4.98 Å². The number of Topliss-reactive ketones (excluding diaryl/α,β-unsaturated/α-hetero) is 1. The predicted octanol–water partition coefficient (Wildman–Crippen LogP) is 4.11. The standard InChI is InChI=1S/C16H20N2OS/c1-11-7-8-13-14(9-11)18-16(17-13)20-10-15(19)12-5-3-2-4-6-12/h7-9,12H,2-6,10H2,1H3,(H,17,18). The number of ketones is 1. The second-order valence-corrected chi connectivity index (χ2v) is 6.62. The molecule has 0 unspecified atom stereocenters. The summed E-state index contributed by atoms with van der Waals surface area (Å²) >= 11 is 1.54. The Morgan fingerprint density at radius 2 is 2.15 bits per heavy atom. The molecule has 20 heavy (non-hydrogen) atoms. The molecule has 3 nitrogen and oxygen atoms in total. The van der Waals surface area contributed by atoms with Crippen molar-refractivity contribution in [3.05, 3.63) is 23.8 Å². The number of benzene rings is 1. The lowest BCUT2D eigenvalue weighted by atomic mass is 9.87. The van der Waals surface area contributed by atoms with Gasteiger partial charge in [0.1, 0.15) is 5.78 Å². The van der Waals surface area contributed by atoms with Crippen LogP contribution >= 0.6 is 11.8 Å². The van der Waals surface area contributed by atoms with Gasteiger partial charge in [0.25, 0.3) is 0 Å². The zero-order chi connectivity index (χ0) is 13.9. The molecule has 0 bridgehead atoms. The maximum absolute atomic E-state index is 12.2. The van der Waals surface area contributed by atoms with Gasteiger partial charge >= 0.3 is 0 Å². The SMILES string of the molecule is Cc1ccc2nc(SCC(=O)C3CCCCC3)[nH]c2c1. The topological polar surface area (TPSA) is 45.8 Å². The maximum atomic E-state index is 12.2. The highest BCUT2D eigenvalue weighted by molar-refractivity contribution is 7.99. The molecule has 1 aliphatic rings. The number of imidazole rings is 1. The van der Waals surface area contributed by atoms with Crippen LogP contribution in [0.2, 0.25) is 0 Å². The van der Waals surface area contributed by atoms with Crippen molar-refractivity contribution in [3.63, 3.8) is 0 Å². The smallest absolute Gasteiger partial charge is 0.166 e. The molecule has 1 heterocycles. The highest BCUT2D eigenvalue weighted by Gasteiger charge is 2.21. The fraction of sp³-hybridized carbons (Fsp3) is 0.500. The number of nitrogens with one attached hydrogen (secondary N) is 1. The van der Waals surface area contributed by atoms with Crippen LogP contribution in [0.4, 0.5) is 0 Å². The first-order valence-electron chi connectivity index (χ1n) is 7.34. The largest absolute Gasteiger partial charge is 0.333 e. The molecule has 0 saturated heterocycles. The Morgan fingerprint density at radius 1 is 1.35 bits per heavy atom. The minimum absolute atomic E-state index is 0.294. The van der Waals surface area contributed by atoms with E-state index < -0.39 is 0 Å². The van der Waals surface area contributed by atoms with E-state index in [-0.39, 0.29) is 0 Å². The third kappa shape index (κ3) is 3.06. The number of hydrogen-bond donors (Lipinski definition) is 1. The van der Waals surface area contributed by atoms with E-state index in [0.717, 1.165) is 29.0 Å². The Morgan fingerprint density at radius 3 is 2.95 bits per heavy atom. The molecule has 1 aromatic carbocycles. The number of aromatic amines is 1. The number of nitrogens with zero attached hydrogens (tertiary/aromatic N) is 1. The Kier molecular flexibility index (Phi) is 4.10. The summed E-state index contributed by atoms with van der Waals surface area (Å²) in [7, 11) is 0. The van der Waals surface area contributed by atoms with E-state index in [9.17, 15) is 4.79 Å². The number of fused-ring (bicyclic) bond motifs is 1. The quantitative estimate of drug-likeness (QED) is 0.861. The molecule has 3 rings (SSSR count). The molecule has 1 N–H and O–H groups in total. The lowest BCUT2D eigenvalue weighted by Crippen LogP contribution is -2.19. The van der Waals surface area contributed by atoms with E-state index >= 15 is 0 Å². The number of hydrogen-bond acceptors (Lipinski definition) is 3. The van der Waals surface area contributed by atoms with Gasteiger partial charge in [0.05, 0.1) is 16.8 Å². The van der Waals surface area contributed by atoms with Gasteiger partial charge in [-0.15, -0.1) is 0 Å². The second kappa shape index (κ2) is 6.00. The van der Waals surface area contributed by atoms with E-state index in [1.165, 1.54) is 36.6 Å². The van der Waals surface area contributed by atoms with Gasteiger partial charge in [-0.1, -0.05) is 37.1 Å². The van der Waals surface area contributed by atoms with Crippen molar-refractivity contribution in [1.29, 1.82) is 0 Å². The first-order valence-corrected chi connectivity index (χ1v) is 8.33. The summed E-state index contributed by atoms with van der Waals surface area (Å²) in [4.78, 5) is 20.0. The Labute approximate surface area is 123 Å². The summed E-state index contributed by atoms with van der Waals surface area (Å²) < 4.78 is 0. The van der Waals surface area contributed by atoms with Gasteiger partial charge in [-0.05, 0) is 37.5 Å². The van der Waals surface area contributed by atoms with E-state index in [1.54, 1.807) is 0 Å². The van der Waals surface area contributed by atoms with E-state index in [0.29, 0.717) is 17.5 Å². The monoisotopic (exact) mass is 288 g/mol. The number of rotatable bonds is 4. The van der Waals surface area contributed by atoms with E-state index in [4.69, 9.17) is 0 Å². The molecule has 1 aliphatic carbocycles. The molecular formula is C16H20N2OS. The van der Waals surface area contributed by atoms with E-state index in [1.807, 2.05) is 6.07 Å². The van der Waals surface area contributed by atoms with Gasteiger partial charge < -0.3 is 4.98 Å². The molecule has 0 radical (unpaired) electrons. The molecule has 4 heteroatoms. The molecule has 0 aliphatic heterocycles. The van der Waals surface area contributed by atoms with Crippen LogP contribution in [-0.2, 0) is 4.79 Å². The molecule has 1 aromatic heterocycles. The van der Waals surface area contributed by atoms with Crippen molar-refractivity contribution in [2.24, 2.45) is 5.92 Å². The van der Waals surface area contributed by atoms with Crippen LogP contribution in [0.15, 0.2) is 23.4 Å². The summed E-state index contributed by atoms with van der Waals surface area (Å²) in [5.74, 6) is 1.23. The predicted molar refractivity (Wildman–Crippen MR) is 83.1 cm³/mol. The molecule has 2 aromatic rings. The number of thioether (sulfide) groups is 1. The molecule has 0 atom stereocenters. The van der Waals surface area contributed by atoms with Crippen molar-refractivity contribution >= 4 is 28.6 Å². The van der Waals surface area contributed by atoms with Gasteiger partial charge in [0.15, 0.2) is 5.16 Å². The molecular weight excluding hydrogens is 268 g/mol. The van der Waals surface area contributed by atoms with Gasteiger partial charge in [-0.3, -0.25) is 4.79 Å². The fourth-order valence-electron chi connectivity index (χ4n) is 2.85. The van der Waals surface area contributed by atoms with Gasteiger partial charge in [-0.2, -0.15) is 0 Å². The maximum Gasteiger partial charge on any atom is 0.166 e. The molecule has 0 amide bonds. The number of aryl methyl sites for hydroxylation is 1. The number of carbonyl (C=O) groups is 1. The minimum atomic E-state index is 0.294. The normalized spacial score (nSPS) is 16.6. The number of aromatic nitrogens is 2. The van der Waals surface area contributed by atoms with Crippen LogP contribution in [-0.4, -0.2) is 21.5 Å². The van der Waals surface area contributed by atoms with Crippen LogP contribution in [0.3, 0.4) is 0 Å². The summed E-state index contributed by atoms with van der Waals surface area (Å²) in [6.45, 7) is 2.07. The first kappa shape index (κ1) is 13.7. The molecule has 0 spiro atoms. The Bertz CT molecular complexity index is 614. The third-order valence-corrected chi connectivity index (χ3v) is 4.92. The highest BCUT2D eigenvalue weighted by atomic mass is 32.2. The number of H-pyrrole nitrogens is 1. The van der Waals surface area contributed by atoms with Gasteiger partial charge in [0, 0.05) is 5.92 Å². The number of carbonyl (C=O) groups excluding carboxylic acids is 1. The van der Waals surface area contributed by atoms with Crippen molar-refractivity contribution in [1.82, 2.24) is 9.97 Å². The van der Waals surface area contributed by atoms with E-state index in [2.05, 4.69) is 29.0 Å². The van der Waals surface area contributed by atoms with Crippen molar-refractivity contribution in [3.8, 4) is 0 Å². The molecule has 1 saturated carbocycles. The van der Waals surface area contributed by atoms with Gasteiger partial charge in [0.2, 0.25) is 0 Å². The average molecular weight is 288 g/mol. The lowest BCUT2D eigenvalue weighted by molar-refractivity contribution is -0.121. The highest BCUT2D eigenvalue weighted by Crippen LogP contribution is 2.27. The van der Waals surface area contributed by atoms with Crippen LogP contribution in [0.1, 0.15) is 37.7 Å². The van der Waals surface area contributed by atoms with Crippen LogP contribution in [0, 0.1) is 12.8 Å². The minimum Gasteiger partial charge on any atom is -0.333 e. The molecule has 106 valence electrons. The van der Waals surface area contributed by atoms with Crippen LogP contribution < -0.4 is 0 Å². The average Bonchev–Trinajstić information content (AvgIpc) is 2.87. The summed E-state index contributed by atoms with van der Waals surface area (Å²) in [5, 5.41) is 0.856. The zero-order valence-electron chi connectivity index (χ0n) is 11.8. The van der Waals surface area contributed by atoms with Crippen LogP contribution in [0.5, 0.6) is 0 Å². The second-order valence-electron chi connectivity index (χ2n) is 5.65. The molecule has 1 fully saturated rings. The third-order valence-electron chi connectivity index (χ3n) is 4.03. The van der Waals surface area contributed by atoms with Crippen molar-refractivity contribution < 1.29 is 4.79 Å². The van der Waals surface area contributed by atoms with Crippen molar-refractivity contribution in [2.75, 3.05) is 5.75 Å². The summed E-state index contributed by atoms with van der Waals surface area (Å²) in [5.41, 5.74) is 3.25. The fourth-order valence-corrected chi connectivity index (χ4v) is 3.71. The summed E-state index contributed by atoms with van der Waals surface area (Å²) in [6, 6.07) is 6.17. The first-order chi connectivity index (χ1) is 9.72.